The molecular weight excluding hydrogens is 477 g/mol. The molecule has 0 bridgehead atoms. The lowest BCUT2D eigenvalue weighted by atomic mass is 9.77. The maximum atomic E-state index is 15.3. The van der Waals surface area contributed by atoms with Crippen molar-refractivity contribution in [2.24, 2.45) is 11.8 Å². The summed E-state index contributed by atoms with van der Waals surface area (Å²) in [5.41, 5.74) is 4.25. The van der Waals surface area contributed by atoms with Crippen LogP contribution >= 0.6 is 0 Å². The van der Waals surface area contributed by atoms with Gasteiger partial charge in [-0.05, 0) is 105 Å². The number of aliphatic hydroxyl groups excluding tert-OH is 1. The fraction of sp³-hybridized carbons (Fsp3) is 0.545. The van der Waals surface area contributed by atoms with Crippen LogP contribution < -0.4 is 9.64 Å². The molecule has 38 heavy (non-hydrogen) atoms. The van der Waals surface area contributed by atoms with Crippen LogP contribution in [0.1, 0.15) is 93.1 Å². The van der Waals surface area contributed by atoms with Gasteiger partial charge in [0.15, 0.2) is 0 Å². The fourth-order valence-corrected chi connectivity index (χ4v) is 6.61. The Labute approximate surface area is 226 Å². The standard InChI is InChI=1S/C33H42FNO3/c1-3-7-22(2)24-9-6-8-23(18-24)19-26-12-13-27(21-30(26)34)35-17-16-25-20-28(14-15-29(25)33(35)37)38-32-11-5-4-10-31(32)36/h8,12-15,20-22,24,31-32,36H,3-7,9-11,16-19H2,1-2H3/t22?,24-,31?,32?/m1/s1. The first kappa shape index (κ1) is 26.9. The Morgan fingerprint density at radius 2 is 1.97 bits per heavy atom. The van der Waals surface area contributed by atoms with Gasteiger partial charge in [0.05, 0.1) is 6.10 Å². The zero-order chi connectivity index (χ0) is 26.6. The molecule has 0 spiro atoms. The quantitative estimate of drug-likeness (QED) is 0.369. The van der Waals surface area contributed by atoms with E-state index in [4.69, 9.17) is 4.74 Å². The monoisotopic (exact) mass is 519 g/mol. The summed E-state index contributed by atoms with van der Waals surface area (Å²) in [5.74, 6) is 1.77. The number of ether oxygens (including phenoxy) is 1. The van der Waals surface area contributed by atoms with Crippen LogP contribution in [0.15, 0.2) is 48.0 Å². The summed E-state index contributed by atoms with van der Waals surface area (Å²) >= 11 is 0. The van der Waals surface area contributed by atoms with E-state index in [1.54, 1.807) is 4.90 Å². The van der Waals surface area contributed by atoms with Crippen LogP contribution in [-0.4, -0.2) is 29.8 Å². The first-order valence-electron chi connectivity index (χ1n) is 14.7. The summed E-state index contributed by atoms with van der Waals surface area (Å²) in [4.78, 5) is 15.0. The van der Waals surface area contributed by atoms with Crippen molar-refractivity contribution in [1.29, 1.82) is 0 Å². The molecule has 3 unspecified atom stereocenters. The molecule has 1 amide bonds. The molecule has 2 aliphatic carbocycles. The van der Waals surface area contributed by atoms with E-state index in [1.807, 2.05) is 30.3 Å². The highest BCUT2D eigenvalue weighted by atomic mass is 19.1. The van der Waals surface area contributed by atoms with E-state index < -0.39 is 6.10 Å². The summed E-state index contributed by atoms with van der Waals surface area (Å²) in [5, 5.41) is 10.2. The van der Waals surface area contributed by atoms with Gasteiger partial charge in [-0.2, -0.15) is 0 Å². The molecule has 0 aromatic heterocycles. The molecule has 3 aliphatic rings. The van der Waals surface area contributed by atoms with Gasteiger partial charge < -0.3 is 14.7 Å². The van der Waals surface area contributed by atoms with Crippen molar-refractivity contribution in [2.45, 2.75) is 96.7 Å². The maximum absolute atomic E-state index is 15.3. The Balaban J connectivity index is 1.24. The van der Waals surface area contributed by atoms with Gasteiger partial charge in [0.2, 0.25) is 0 Å². The van der Waals surface area contributed by atoms with Gasteiger partial charge in [-0.25, -0.2) is 4.39 Å². The number of anilines is 1. The van der Waals surface area contributed by atoms with Crippen molar-refractivity contribution < 1.29 is 19.0 Å². The molecule has 0 saturated heterocycles. The number of nitrogens with zero attached hydrogens (tertiary/aromatic N) is 1. The number of carbonyl (C=O) groups is 1. The van der Waals surface area contributed by atoms with Crippen molar-refractivity contribution in [3.05, 3.63) is 70.6 Å². The molecule has 204 valence electrons. The third-order valence-electron chi connectivity index (χ3n) is 8.92. The average Bonchev–Trinajstić information content (AvgIpc) is 2.92. The Morgan fingerprint density at radius 3 is 2.76 bits per heavy atom. The number of halogens is 1. The second-order valence-corrected chi connectivity index (χ2v) is 11.7. The zero-order valence-corrected chi connectivity index (χ0v) is 22.9. The first-order valence-corrected chi connectivity index (χ1v) is 14.7. The third-order valence-corrected chi connectivity index (χ3v) is 8.92. The molecular formula is C33H42FNO3. The topological polar surface area (TPSA) is 49.8 Å². The number of hydrogen-bond acceptors (Lipinski definition) is 3. The number of benzene rings is 2. The number of hydrogen-bond donors (Lipinski definition) is 1. The molecule has 1 fully saturated rings. The van der Waals surface area contributed by atoms with Crippen molar-refractivity contribution in [1.82, 2.24) is 0 Å². The SMILES string of the molecule is CCCC(C)[C@@H]1CCC=C(Cc2ccc(N3CCc4cc(OC5CCCCC5O)ccc4C3=O)cc2F)C1. The maximum Gasteiger partial charge on any atom is 0.258 e. The summed E-state index contributed by atoms with van der Waals surface area (Å²) in [6.45, 7) is 5.10. The van der Waals surface area contributed by atoms with Crippen LogP contribution in [0.3, 0.4) is 0 Å². The van der Waals surface area contributed by atoms with Gasteiger partial charge >= 0.3 is 0 Å². The van der Waals surface area contributed by atoms with Crippen molar-refractivity contribution in [2.75, 3.05) is 11.4 Å². The lowest BCUT2D eigenvalue weighted by Gasteiger charge is -2.31. The van der Waals surface area contributed by atoms with Gasteiger partial charge in [-0.15, -0.1) is 0 Å². The molecule has 1 N–H and O–H groups in total. The number of amides is 1. The fourth-order valence-electron chi connectivity index (χ4n) is 6.61. The minimum atomic E-state index is -0.435. The Morgan fingerprint density at radius 1 is 1.13 bits per heavy atom. The van der Waals surface area contributed by atoms with Gasteiger partial charge in [0.1, 0.15) is 17.7 Å². The molecule has 4 atom stereocenters. The third kappa shape index (κ3) is 5.98. The van der Waals surface area contributed by atoms with E-state index in [9.17, 15) is 9.90 Å². The highest BCUT2D eigenvalue weighted by Crippen LogP contribution is 2.35. The van der Waals surface area contributed by atoms with Gasteiger partial charge in [-0.3, -0.25) is 4.79 Å². The van der Waals surface area contributed by atoms with E-state index in [-0.39, 0.29) is 17.8 Å². The van der Waals surface area contributed by atoms with E-state index in [0.29, 0.717) is 53.8 Å². The summed E-state index contributed by atoms with van der Waals surface area (Å²) in [6.07, 6.45) is 12.6. The minimum Gasteiger partial charge on any atom is -0.488 e. The highest BCUT2D eigenvalue weighted by Gasteiger charge is 2.29. The van der Waals surface area contributed by atoms with Crippen LogP contribution in [0.4, 0.5) is 10.1 Å². The minimum absolute atomic E-state index is 0.106. The van der Waals surface area contributed by atoms with E-state index >= 15 is 4.39 Å². The molecule has 1 heterocycles. The number of allylic oxidation sites excluding steroid dienone is 2. The van der Waals surface area contributed by atoms with E-state index in [1.165, 1.54) is 30.9 Å². The predicted octanol–water partition coefficient (Wildman–Crippen LogP) is 7.42. The number of fused-ring (bicyclic) bond motifs is 1. The van der Waals surface area contributed by atoms with E-state index in [0.717, 1.165) is 44.1 Å². The second kappa shape index (κ2) is 12.0. The molecule has 5 rings (SSSR count). The van der Waals surface area contributed by atoms with Crippen LogP contribution in [-0.2, 0) is 12.8 Å². The smallest absolute Gasteiger partial charge is 0.258 e. The second-order valence-electron chi connectivity index (χ2n) is 11.7. The van der Waals surface area contributed by atoms with Crippen LogP contribution in [0.2, 0.25) is 0 Å². The van der Waals surface area contributed by atoms with Gasteiger partial charge in [-0.1, -0.05) is 50.8 Å². The van der Waals surface area contributed by atoms with E-state index in [2.05, 4.69) is 19.9 Å². The molecule has 1 aliphatic heterocycles. The number of aliphatic hydroxyl groups is 1. The van der Waals surface area contributed by atoms with Gasteiger partial charge in [0.25, 0.3) is 5.91 Å². The highest BCUT2D eigenvalue weighted by molar-refractivity contribution is 6.08. The first-order chi connectivity index (χ1) is 18.4. The Bertz CT molecular complexity index is 1170. The largest absolute Gasteiger partial charge is 0.488 e. The number of rotatable bonds is 8. The van der Waals surface area contributed by atoms with Crippen LogP contribution in [0, 0.1) is 17.7 Å². The Kier molecular flexibility index (Phi) is 8.52. The van der Waals surface area contributed by atoms with Crippen LogP contribution in [0.5, 0.6) is 5.75 Å². The lowest BCUT2D eigenvalue weighted by Crippen LogP contribution is -2.38. The predicted molar refractivity (Wildman–Crippen MR) is 150 cm³/mol. The molecule has 4 nitrogen and oxygen atoms in total. The normalized spacial score (nSPS) is 24.5. The molecule has 0 radical (unpaired) electrons. The molecule has 5 heteroatoms. The van der Waals surface area contributed by atoms with Crippen molar-refractivity contribution in [3.63, 3.8) is 0 Å². The molecule has 2 aromatic rings. The molecule has 1 saturated carbocycles. The zero-order valence-electron chi connectivity index (χ0n) is 22.9. The summed E-state index contributed by atoms with van der Waals surface area (Å²) in [6, 6.07) is 10.8. The van der Waals surface area contributed by atoms with Crippen molar-refractivity contribution >= 4 is 11.6 Å². The summed E-state index contributed by atoms with van der Waals surface area (Å²) in [7, 11) is 0. The van der Waals surface area contributed by atoms with Crippen molar-refractivity contribution in [3.8, 4) is 5.75 Å². The average molecular weight is 520 g/mol. The van der Waals surface area contributed by atoms with Gasteiger partial charge in [0, 0.05) is 17.8 Å². The summed E-state index contributed by atoms with van der Waals surface area (Å²) < 4.78 is 21.3. The van der Waals surface area contributed by atoms with Crippen LogP contribution in [0.25, 0.3) is 0 Å². The number of carbonyl (C=O) groups excluding carboxylic acids is 1. The molecule has 2 aromatic carbocycles. The Hall–Kier alpha value is -2.66. The lowest BCUT2D eigenvalue weighted by molar-refractivity contribution is 0.00682.